The van der Waals surface area contributed by atoms with Gasteiger partial charge in [0.15, 0.2) is 0 Å². The summed E-state index contributed by atoms with van der Waals surface area (Å²) in [6.07, 6.45) is 3.15. The molecule has 0 spiro atoms. The van der Waals surface area contributed by atoms with Crippen LogP contribution in [0.15, 0.2) is 41.4 Å². The summed E-state index contributed by atoms with van der Waals surface area (Å²) in [4.78, 5) is 0. The molecule has 0 aliphatic heterocycles. The van der Waals surface area contributed by atoms with E-state index in [1.54, 1.807) is 29.8 Å². The molecule has 0 bridgehead atoms. The van der Waals surface area contributed by atoms with Crippen LogP contribution in [0, 0.1) is 0 Å². The molecule has 0 aromatic carbocycles. The standard InChI is InChI=1S/C4H4S.C3H3N3.H3N/c1-2-4-5-3-1;1-2-4-6-5-3-1;/h1-4H;1-3H;1H3. The van der Waals surface area contributed by atoms with Crippen molar-refractivity contribution in [2.24, 2.45) is 0 Å². The van der Waals surface area contributed by atoms with Gasteiger partial charge in [-0.05, 0) is 22.0 Å². The van der Waals surface area contributed by atoms with Crippen molar-refractivity contribution < 1.29 is 0 Å². The summed E-state index contributed by atoms with van der Waals surface area (Å²) in [6, 6.07) is 5.75. The Bertz CT molecular complexity index is 201. The molecule has 3 N–H and O–H groups in total. The third kappa shape index (κ3) is 5.45. The van der Waals surface area contributed by atoms with E-state index in [9.17, 15) is 0 Å². The van der Waals surface area contributed by atoms with Gasteiger partial charge in [0.25, 0.3) is 0 Å². The Labute approximate surface area is 74.9 Å². The predicted molar refractivity (Wildman–Crippen MR) is 49.2 cm³/mol. The molecule has 12 heavy (non-hydrogen) atoms. The van der Waals surface area contributed by atoms with Crippen LogP contribution < -0.4 is 6.15 Å². The maximum absolute atomic E-state index is 3.42. The van der Waals surface area contributed by atoms with E-state index in [0.717, 1.165) is 0 Å². The zero-order valence-electron chi connectivity index (χ0n) is 6.50. The number of aromatic nitrogens is 3. The highest BCUT2D eigenvalue weighted by Gasteiger charge is 1.60. The van der Waals surface area contributed by atoms with E-state index in [1.165, 1.54) is 0 Å². The van der Waals surface area contributed by atoms with Crippen LogP contribution in [0.1, 0.15) is 0 Å². The molecular formula is C7H10N4S. The van der Waals surface area contributed by atoms with Gasteiger partial charge < -0.3 is 6.15 Å². The van der Waals surface area contributed by atoms with Gasteiger partial charge in [-0.3, -0.25) is 0 Å². The summed E-state index contributed by atoms with van der Waals surface area (Å²) < 4.78 is 0. The van der Waals surface area contributed by atoms with Gasteiger partial charge in [-0.1, -0.05) is 12.1 Å². The molecule has 4 nitrogen and oxygen atoms in total. The van der Waals surface area contributed by atoms with E-state index < -0.39 is 0 Å². The molecule has 0 aliphatic rings. The van der Waals surface area contributed by atoms with Crippen LogP contribution in [0.4, 0.5) is 0 Å². The average molecular weight is 182 g/mol. The molecule has 0 radical (unpaired) electrons. The van der Waals surface area contributed by atoms with E-state index >= 15 is 0 Å². The first-order valence-electron chi connectivity index (χ1n) is 3.05. The first-order valence-corrected chi connectivity index (χ1v) is 4.00. The molecule has 5 heteroatoms. The fourth-order valence-corrected chi connectivity index (χ4v) is 0.885. The lowest BCUT2D eigenvalue weighted by Gasteiger charge is -1.68. The molecule has 2 heterocycles. The fourth-order valence-electron chi connectivity index (χ4n) is 0.432. The molecular weight excluding hydrogens is 172 g/mol. The monoisotopic (exact) mass is 182 g/mol. The number of nitrogens with zero attached hydrogens (tertiary/aromatic N) is 3. The van der Waals surface area contributed by atoms with Crippen molar-refractivity contribution in [2.75, 3.05) is 0 Å². The van der Waals surface area contributed by atoms with Crippen molar-refractivity contribution in [1.82, 2.24) is 21.6 Å². The molecule has 0 saturated carbocycles. The lowest BCUT2D eigenvalue weighted by atomic mass is 10.7. The molecule has 0 amide bonds. The highest BCUT2D eigenvalue weighted by atomic mass is 32.1. The molecule has 0 atom stereocenters. The molecule has 2 aromatic heterocycles. The number of hydrogen-bond acceptors (Lipinski definition) is 5. The second-order valence-corrected chi connectivity index (χ2v) is 2.42. The number of hydrogen-bond donors (Lipinski definition) is 1. The zero-order chi connectivity index (χ0) is 7.78. The normalized spacial score (nSPS) is 7.33. The summed E-state index contributed by atoms with van der Waals surface area (Å²) in [6.45, 7) is 0. The van der Waals surface area contributed by atoms with Gasteiger partial charge in [-0.25, -0.2) is 0 Å². The second kappa shape index (κ2) is 7.77. The maximum Gasteiger partial charge on any atom is 0.0529 e. The number of rotatable bonds is 0. The van der Waals surface area contributed by atoms with Gasteiger partial charge in [0, 0.05) is 0 Å². The van der Waals surface area contributed by atoms with Crippen molar-refractivity contribution in [3.63, 3.8) is 0 Å². The smallest absolute Gasteiger partial charge is 0.0529 e. The Morgan fingerprint density at radius 2 is 1.42 bits per heavy atom. The van der Waals surface area contributed by atoms with E-state index in [4.69, 9.17) is 0 Å². The highest BCUT2D eigenvalue weighted by Crippen LogP contribution is 1.91. The topological polar surface area (TPSA) is 73.7 Å². The van der Waals surface area contributed by atoms with Crippen LogP contribution in [0.3, 0.4) is 0 Å². The molecule has 2 rings (SSSR count). The first kappa shape index (κ1) is 10.7. The molecule has 0 saturated heterocycles. The lowest BCUT2D eigenvalue weighted by Crippen LogP contribution is -1.78. The first-order chi connectivity index (χ1) is 5.50. The van der Waals surface area contributed by atoms with Gasteiger partial charge >= 0.3 is 0 Å². The van der Waals surface area contributed by atoms with Crippen molar-refractivity contribution >= 4 is 11.3 Å². The average Bonchev–Trinajstić information content (AvgIpc) is 2.64. The minimum atomic E-state index is 0. The predicted octanol–water partition coefficient (Wildman–Crippen LogP) is 1.78. The fraction of sp³-hybridized carbons (Fsp3) is 0. The molecule has 0 aliphatic carbocycles. The zero-order valence-corrected chi connectivity index (χ0v) is 7.31. The van der Waals surface area contributed by atoms with Crippen molar-refractivity contribution in [3.05, 3.63) is 41.4 Å². The van der Waals surface area contributed by atoms with Crippen LogP contribution in [0.5, 0.6) is 0 Å². The van der Waals surface area contributed by atoms with Gasteiger partial charge in [-0.15, -0.1) is 10.2 Å². The van der Waals surface area contributed by atoms with Crippen molar-refractivity contribution in [3.8, 4) is 0 Å². The third-order valence-corrected chi connectivity index (χ3v) is 1.46. The van der Waals surface area contributed by atoms with Crippen LogP contribution in [0.2, 0.25) is 0 Å². The van der Waals surface area contributed by atoms with E-state index in [2.05, 4.69) is 15.4 Å². The van der Waals surface area contributed by atoms with E-state index in [0.29, 0.717) is 0 Å². The SMILES string of the molecule is N.c1ccsc1.c1cnnnc1. The Morgan fingerprint density at radius 1 is 0.833 bits per heavy atom. The van der Waals surface area contributed by atoms with E-state index in [-0.39, 0.29) is 6.15 Å². The molecule has 0 unspecified atom stereocenters. The summed E-state index contributed by atoms with van der Waals surface area (Å²) in [7, 11) is 0. The van der Waals surface area contributed by atoms with Gasteiger partial charge in [0.05, 0.1) is 12.4 Å². The Balaban J connectivity index is 0.000000189. The second-order valence-electron chi connectivity index (χ2n) is 1.60. The van der Waals surface area contributed by atoms with Crippen molar-refractivity contribution in [1.29, 1.82) is 0 Å². The summed E-state index contributed by atoms with van der Waals surface area (Å²) in [5, 5.41) is 14.2. The molecule has 0 fully saturated rings. The van der Waals surface area contributed by atoms with E-state index in [1.807, 2.05) is 22.9 Å². The Hall–Kier alpha value is -1.33. The minimum Gasteiger partial charge on any atom is -0.344 e. The van der Waals surface area contributed by atoms with Gasteiger partial charge in [0.1, 0.15) is 0 Å². The van der Waals surface area contributed by atoms with Crippen LogP contribution in [-0.2, 0) is 0 Å². The van der Waals surface area contributed by atoms with Crippen LogP contribution in [-0.4, -0.2) is 15.4 Å². The van der Waals surface area contributed by atoms with Crippen molar-refractivity contribution in [2.45, 2.75) is 0 Å². The highest BCUT2D eigenvalue weighted by molar-refractivity contribution is 7.07. The summed E-state index contributed by atoms with van der Waals surface area (Å²) in [5.74, 6) is 0. The summed E-state index contributed by atoms with van der Waals surface area (Å²) in [5.41, 5.74) is 0. The number of thiophene rings is 1. The Kier molecular flexibility index (Phi) is 6.91. The third-order valence-electron chi connectivity index (χ3n) is 0.834. The lowest BCUT2D eigenvalue weighted by molar-refractivity contribution is 0.865. The van der Waals surface area contributed by atoms with Gasteiger partial charge in [-0.2, -0.15) is 11.3 Å². The summed E-state index contributed by atoms with van der Waals surface area (Å²) >= 11 is 1.71. The Morgan fingerprint density at radius 3 is 1.58 bits per heavy atom. The largest absolute Gasteiger partial charge is 0.344 e. The maximum atomic E-state index is 3.42. The van der Waals surface area contributed by atoms with Crippen LogP contribution in [0.25, 0.3) is 0 Å². The minimum absolute atomic E-state index is 0. The molecule has 64 valence electrons. The van der Waals surface area contributed by atoms with Gasteiger partial charge in [0.2, 0.25) is 0 Å². The quantitative estimate of drug-likeness (QED) is 0.674. The van der Waals surface area contributed by atoms with Crippen LogP contribution >= 0.6 is 11.3 Å². The molecule has 2 aromatic rings.